The average Bonchev–Trinajstić information content (AvgIpc) is 2.90. The molecule has 0 fully saturated rings. The molecule has 0 aliphatic rings. The van der Waals surface area contributed by atoms with Gasteiger partial charge in [0.25, 0.3) is 0 Å². The lowest BCUT2D eigenvalue weighted by Crippen LogP contribution is -2.22. The molecule has 2 rings (SSSR count). The molecule has 1 heterocycles. The summed E-state index contributed by atoms with van der Waals surface area (Å²) in [6, 6.07) is 7.54. The summed E-state index contributed by atoms with van der Waals surface area (Å²) >= 11 is 0. The predicted octanol–water partition coefficient (Wildman–Crippen LogP) is -0.340. The fraction of sp³-hybridized carbons (Fsp3) is 0.100. The van der Waals surface area contributed by atoms with E-state index in [4.69, 9.17) is 11.5 Å². The Morgan fingerprint density at radius 3 is 2.78 bits per heavy atom. The van der Waals surface area contributed by atoms with Crippen LogP contribution in [0.2, 0.25) is 0 Å². The van der Waals surface area contributed by atoms with Gasteiger partial charge < -0.3 is 11.5 Å². The maximum absolute atomic E-state index is 5.22. The van der Waals surface area contributed by atoms with Crippen LogP contribution in [0.15, 0.2) is 40.8 Å². The van der Waals surface area contributed by atoms with E-state index in [1.807, 2.05) is 31.2 Å². The molecule has 0 unspecified atom stereocenters. The van der Waals surface area contributed by atoms with E-state index in [1.54, 1.807) is 4.68 Å². The van der Waals surface area contributed by atoms with Crippen molar-refractivity contribution in [2.45, 2.75) is 6.92 Å². The van der Waals surface area contributed by atoms with Crippen LogP contribution < -0.4 is 11.5 Å². The van der Waals surface area contributed by atoms with Gasteiger partial charge in [0.1, 0.15) is 6.33 Å². The van der Waals surface area contributed by atoms with Crippen LogP contribution in [0.25, 0.3) is 5.69 Å². The second-order valence-corrected chi connectivity index (χ2v) is 3.51. The molecule has 0 amide bonds. The number of hydrogen-bond donors (Lipinski definition) is 2. The highest BCUT2D eigenvalue weighted by Gasteiger charge is 2.02. The van der Waals surface area contributed by atoms with Crippen LogP contribution in [-0.4, -0.2) is 31.9 Å². The summed E-state index contributed by atoms with van der Waals surface area (Å²) in [4.78, 5) is 0. The number of aromatic nitrogens is 4. The van der Waals surface area contributed by atoms with Crippen LogP contribution in [0.1, 0.15) is 12.5 Å². The van der Waals surface area contributed by atoms with E-state index in [9.17, 15) is 0 Å². The SMILES string of the molecule is C/C(=N\N=C(N)N)c1cccc(-n2cnnn2)c1. The minimum atomic E-state index is -0.0778. The number of hydrogen-bond acceptors (Lipinski definition) is 5. The molecule has 0 radical (unpaired) electrons. The lowest BCUT2D eigenvalue weighted by atomic mass is 10.1. The van der Waals surface area contributed by atoms with Gasteiger partial charge in [0.15, 0.2) is 0 Å². The molecule has 92 valence electrons. The molecule has 0 aliphatic carbocycles. The Bertz CT molecular complexity index is 580. The van der Waals surface area contributed by atoms with Crippen LogP contribution in [0.5, 0.6) is 0 Å². The highest BCUT2D eigenvalue weighted by molar-refractivity contribution is 5.99. The summed E-state index contributed by atoms with van der Waals surface area (Å²) in [6.07, 6.45) is 1.52. The van der Waals surface area contributed by atoms with Crippen molar-refractivity contribution in [2.24, 2.45) is 21.7 Å². The number of nitrogens with two attached hydrogens (primary N) is 2. The third kappa shape index (κ3) is 2.67. The quantitative estimate of drug-likeness (QED) is 0.434. The molecule has 0 saturated heterocycles. The van der Waals surface area contributed by atoms with Crippen molar-refractivity contribution < 1.29 is 0 Å². The smallest absolute Gasteiger partial charge is 0.211 e. The van der Waals surface area contributed by atoms with Crippen LogP contribution in [0.3, 0.4) is 0 Å². The van der Waals surface area contributed by atoms with Gasteiger partial charge in [-0.05, 0) is 35.0 Å². The zero-order valence-corrected chi connectivity index (χ0v) is 9.72. The Hall–Kier alpha value is -2.77. The van der Waals surface area contributed by atoms with Crippen LogP contribution >= 0.6 is 0 Å². The fourth-order valence-corrected chi connectivity index (χ4v) is 1.34. The van der Waals surface area contributed by atoms with Crippen molar-refractivity contribution >= 4 is 11.7 Å². The van der Waals surface area contributed by atoms with Crippen molar-refractivity contribution in [3.8, 4) is 5.69 Å². The van der Waals surface area contributed by atoms with Crippen LogP contribution in [-0.2, 0) is 0 Å². The van der Waals surface area contributed by atoms with E-state index in [0.717, 1.165) is 11.3 Å². The van der Waals surface area contributed by atoms with Gasteiger partial charge in [0.2, 0.25) is 5.96 Å². The minimum absolute atomic E-state index is 0.0778. The molecule has 0 spiro atoms. The lowest BCUT2D eigenvalue weighted by Gasteiger charge is -2.03. The van der Waals surface area contributed by atoms with Crippen molar-refractivity contribution in [3.05, 3.63) is 36.2 Å². The van der Waals surface area contributed by atoms with E-state index in [1.165, 1.54) is 6.33 Å². The lowest BCUT2D eigenvalue weighted by molar-refractivity contribution is 0.789. The third-order valence-corrected chi connectivity index (χ3v) is 2.19. The summed E-state index contributed by atoms with van der Waals surface area (Å²) in [7, 11) is 0. The Kier molecular flexibility index (Phi) is 3.28. The van der Waals surface area contributed by atoms with Gasteiger partial charge in [-0.1, -0.05) is 12.1 Å². The highest BCUT2D eigenvalue weighted by Crippen LogP contribution is 2.09. The first kappa shape index (κ1) is 11.7. The van der Waals surface area contributed by atoms with Gasteiger partial charge in [-0.3, -0.25) is 0 Å². The topological polar surface area (TPSA) is 120 Å². The zero-order valence-electron chi connectivity index (χ0n) is 9.72. The van der Waals surface area contributed by atoms with Crippen molar-refractivity contribution in [3.63, 3.8) is 0 Å². The fourth-order valence-electron chi connectivity index (χ4n) is 1.34. The van der Waals surface area contributed by atoms with E-state index in [2.05, 4.69) is 25.7 Å². The van der Waals surface area contributed by atoms with Gasteiger partial charge >= 0.3 is 0 Å². The van der Waals surface area contributed by atoms with Gasteiger partial charge in [-0.25, -0.2) is 4.68 Å². The molecule has 1 aromatic heterocycles. The highest BCUT2D eigenvalue weighted by atomic mass is 15.5. The summed E-state index contributed by atoms with van der Waals surface area (Å²) in [5.74, 6) is -0.0778. The predicted molar refractivity (Wildman–Crippen MR) is 67.2 cm³/mol. The molecule has 0 bridgehead atoms. The number of benzene rings is 1. The number of rotatable bonds is 3. The average molecular weight is 244 g/mol. The summed E-state index contributed by atoms with van der Waals surface area (Å²) in [6.45, 7) is 1.81. The summed E-state index contributed by atoms with van der Waals surface area (Å²) < 4.78 is 1.55. The first-order valence-electron chi connectivity index (χ1n) is 5.14. The van der Waals surface area contributed by atoms with Crippen molar-refractivity contribution in [1.82, 2.24) is 20.2 Å². The molecule has 0 aliphatic heterocycles. The van der Waals surface area contributed by atoms with E-state index < -0.39 is 0 Å². The van der Waals surface area contributed by atoms with Gasteiger partial charge in [0, 0.05) is 0 Å². The molecular formula is C10H12N8. The number of tetrazole rings is 1. The number of guanidine groups is 1. The molecule has 4 N–H and O–H groups in total. The Balaban J connectivity index is 2.33. The molecule has 2 aromatic rings. The first-order valence-corrected chi connectivity index (χ1v) is 5.14. The Morgan fingerprint density at radius 1 is 1.28 bits per heavy atom. The molecule has 0 atom stereocenters. The Labute approximate surface area is 103 Å². The van der Waals surface area contributed by atoms with Gasteiger partial charge in [0.05, 0.1) is 11.4 Å². The third-order valence-electron chi connectivity index (χ3n) is 2.19. The first-order chi connectivity index (χ1) is 8.66. The van der Waals surface area contributed by atoms with E-state index in [0.29, 0.717) is 5.71 Å². The van der Waals surface area contributed by atoms with E-state index >= 15 is 0 Å². The number of nitrogens with zero attached hydrogens (tertiary/aromatic N) is 6. The van der Waals surface area contributed by atoms with Gasteiger partial charge in [-0.15, -0.1) is 10.2 Å². The van der Waals surface area contributed by atoms with Crippen molar-refractivity contribution in [1.29, 1.82) is 0 Å². The van der Waals surface area contributed by atoms with Crippen LogP contribution in [0, 0.1) is 0 Å². The van der Waals surface area contributed by atoms with E-state index in [-0.39, 0.29) is 5.96 Å². The largest absolute Gasteiger partial charge is 0.369 e. The second-order valence-electron chi connectivity index (χ2n) is 3.51. The zero-order chi connectivity index (χ0) is 13.0. The maximum Gasteiger partial charge on any atom is 0.211 e. The molecule has 18 heavy (non-hydrogen) atoms. The molecule has 0 saturated carbocycles. The maximum atomic E-state index is 5.22. The van der Waals surface area contributed by atoms with Gasteiger partial charge in [-0.2, -0.15) is 5.10 Å². The summed E-state index contributed by atoms with van der Waals surface area (Å²) in [5, 5.41) is 18.5. The second kappa shape index (κ2) is 5.04. The van der Waals surface area contributed by atoms with Crippen molar-refractivity contribution in [2.75, 3.05) is 0 Å². The summed E-state index contributed by atoms with van der Waals surface area (Å²) in [5.41, 5.74) is 12.8. The molecule has 8 heteroatoms. The monoisotopic (exact) mass is 244 g/mol. The normalized spacial score (nSPS) is 11.3. The van der Waals surface area contributed by atoms with Crippen LogP contribution in [0.4, 0.5) is 0 Å². The Morgan fingerprint density at radius 2 is 2.11 bits per heavy atom. The minimum Gasteiger partial charge on any atom is -0.369 e. The molecule has 1 aromatic carbocycles. The standard InChI is InChI=1S/C10H12N8/c1-7(14-15-10(11)12)8-3-2-4-9(5-8)18-6-13-16-17-18/h2-6H,1H3,(H4,11,12,15)/b14-7+. The molecular weight excluding hydrogens is 232 g/mol. The molecule has 8 nitrogen and oxygen atoms in total.